The maximum atomic E-state index is 16.0. The number of rotatable bonds is 16. The third kappa shape index (κ3) is 7.91. The number of carboxylic acid groups (broad SMARTS) is 1. The number of hydrogen-bond donors (Lipinski definition) is 2. The number of carboxylic acids is 1. The van der Waals surface area contributed by atoms with Gasteiger partial charge in [-0.05, 0) is 88.3 Å². The van der Waals surface area contributed by atoms with Crippen LogP contribution in [-0.2, 0) is 9.47 Å². The van der Waals surface area contributed by atoms with Crippen LogP contribution < -0.4 is 15.4 Å². The zero-order valence-electron chi connectivity index (χ0n) is 29.5. The summed E-state index contributed by atoms with van der Waals surface area (Å²) in [6.45, 7) is 9.48. The summed E-state index contributed by atoms with van der Waals surface area (Å²) in [6, 6.07) is 7.81. The highest BCUT2D eigenvalue weighted by Crippen LogP contribution is 2.45. The van der Waals surface area contributed by atoms with Crippen molar-refractivity contribution in [2.75, 3.05) is 69.9 Å². The average molecular weight is 739 g/mol. The van der Waals surface area contributed by atoms with E-state index in [0.717, 1.165) is 75.1 Å². The number of nitrogens with zero attached hydrogens (tertiary/aromatic N) is 2. The van der Waals surface area contributed by atoms with Crippen LogP contribution in [0.3, 0.4) is 0 Å². The lowest BCUT2D eigenvalue weighted by molar-refractivity contribution is -0.582. The number of amides is 1. The van der Waals surface area contributed by atoms with Gasteiger partial charge in [0.1, 0.15) is 27.0 Å². The van der Waals surface area contributed by atoms with E-state index in [1.165, 1.54) is 30.3 Å². The summed E-state index contributed by atoms with van der Waals surface area (Å²) >= 11 is 5.70. The lowest BCUT2D eigenvalue weighted by Crippen LogP contribution is -2.51. The minimum Gasteiger partial charge on any atom is -0.478 e. The second-order valence-electron chi connectivity index (χ2n) is 14.0. The van der Waals surface area contributed by atoms with E-state index < -0.39 is 31.6 Å². The molecule has 12 heteroatoms. The molecule has 1 aliphatic carbocycles. The number of ether oxygens (including phenoxy) is 2. The number of carbonyl (C=O) groups is 2. The van der Waals surface area contributed by atoms with Crippen LogP contribution in [0.4, 0.5) is 14.5 Å². The molecule has 3 aliphatic heterocycles. The number of aromatic carboxylic acids is 1. The van der Waals surface area contributed by atoms with Crippen LogP contribution in [0.2, 0.25) is 13.1 Å². The first-order valence-electron chi connectivity index (χ1n) is 18.0. The van der Waals surface area contributed by atoms with Crippen LogP contribution >= 0.6 is 11.6 Å². The van der Waals surface area contributed by atoms with E-state index in [4.69, 9.17) is 21.1 Å². The van der Waals surface area contributed by atoms with Gasteiger partial charge >= 0.3 is 5.97 Å². The maximum absolute atomic E-state index is 16.0. The third-order valence-electron chi connectivity index (χ3n) is 10.3. The Morgan fingerprint density at radius 3 is 2.35 bits per heavy atom. The largest absolute Gasteiger partial charge is 0.478 e. The number of nitrogens with one attached hydrogen (secondary N) is 1. The summed E-state index contributed by atoms with van der Waals surface area (Å²) in [5, 5.41) is 15.1. The Morgan fingerprint density at radius 1 is 0.941 bits per heavy atom. The molecule has 2 aromatic rings. The first-order valence-corrected chi connectivity index (χ1v) is 21.6. The molecule has 4 aliphatic rings. The molecule has 8 nitrogen and oxygen atoms in total. The molecule has 272 valence electrons. The van der Waals surface area contributed by atoms with Crippen molar-refractivity contribution in [1.29, 1.82) is 0 Å². The number of halogens is 3. The fourth-order valence-corrected chi connectivity index (χ4v) is 10.4. The quantitative estimate of drug-likeness (QED) is 0.0921. The molecule has 6 rings (SSSR count). The SMILES string of the molecule is C[Si]1(C)C2=CC(=[N+]3CCC3)C(F)=CC2=C(c2cc(C(=O)NCCOCCOCCCCCCCl)ccc2C(=O)O)c2cc(F)c(N3CCC3)cc21. The summed E-state index contributed by atoms with van der Waals surface area (Å²) in [4.78, 5) is 28.1. The average Bonchev–Trinajstić information content (AvgIpc) is 3.05. The summed E-state index contributed by atoms with van der Waals surface area (Å²) < 4.78 is 45.1. The number of unbranched alkanes of at least 4 members (excludes halogenated alkanes) is 3. The Balaban J connectivity index is 1.28. The van der Waals surface area contributed by atoms with E-state index in [2.05, 4.69) is 18.4 Å². The van der Waals surface area contributed by atoms with Gasteiger partial charge in [-0.3, -0.25) is 4.79 Å². The van der Waals surface area contributed by atoms with Crippen molar-refractivity contribution in [3.8, 4) is 0 Å². The van der Waals surface area contributed by atoms with Crippen molar-refractivity contribution in [3.05, 3.63) is 87.2 Å². The van der Waals surface area contributed by atoms with Crippen molar-refractivity contribution in [3.63, 3.8) is 0 Å². The predicted molar refractivity (Wildman–Crippen MR) is 200 cm³/mol. The van der Waals surface area contributed by atoms with E-state index in [1.54, 1.807) is 0 Å². The van der Waals surface area contributed by atoms with Crippen molar-refractivity contribution in [1.82, 2.24) is 5.32 Å². The van der Waals surface area contributed by atoms with E-state index in [1.807, 2.05) is 21.6 Å². The minimum atomic E-state index is -2.57. The van der Waals surface area contributed by atoms with Gasteiger partial charge in [0.15, 0.2) is 5.83 Å². The van der Waals surface area contributed by atoms with E-state index in [0.29, 0.717) is 53.8 Å². The Labute approximate surface area is 304 Å². The number of alkyl halides is 1. The van der Waals surface area contributed by atoms with E-state index in [9.17, 15) is 14.7 Å². The van der Waals surface area contributed by atoms with Crippen LogP contribution in [0.1, 0.15) is 70.4 Å². The molecule has 0 atom stereocenters. The molecule has 0 spiro atoms. The van der Waals surface area contributed by atoms with Gasteiger partial charge in [0.05, 0.1) is 37.5 Å². The van der Waals surface area contributed by atoms with Gasteiger partial charge in [0.25, 0.3) is 5.91 Å². The summed E-state index contributed by atoms with van der Waals surface area (Å²) in [7, 11) is -2.57. The van der Waals surface area contributed by atoms with Crippen LogP contribution in [0.15, 0.2) is 59.1 Å². The van der Waals surface area contributed by atoms with E-state index >= 15 is 8.78 Å². The fraction of sp³-hybridized carbons (Fsp3) is 0.462. The molecule has 51 heavy (non-hydrogen) atoms. The standard InChI is InChI=1S/C39H46ClF2N3O5Si/c1-51(2)35-24-33(44-13-7-14-44)31(41)22-29(35)37(30-23-32(42)34(25-36(30)51)45-15-8-16-45)28-21-26(9-10-27(28)39(47)48)38(46)43-12-18-50-20-19-49-17-6-4-3-5-11-40/h9-10,21-25H,3-8,11-20H2,1-2H3,(H-,43,46,47,48)/p+1. The van der Waals surface area contributed by atoms with Crippen molar-refractivity contribution >= 4 is 53.7 Å². The molecule has 0 saturated carbocycles. The van der Waals surface area contributed by atoms with Crippen LogP contribution in [0.5, 0.6) is 0 Å². The smallest absolute Gasteiger partial charge is 0.336 e. The first kappa shape index (κ1) is 37.1. The maximum Gasteiger partial charge on any atom is 0.336 e. The Hall–Kier alpha value is -3.64. The Morgan fingerprint density at radius 2 is 1.69 bits per heavy atom. The van der Waals surface area contributed by atoms with Crippen LogP contribution in [0.25, 0.3) is 5.57 Å². The number of fused-ring (bicyclic) bond motifs is 2. The predicted octanol–water partition coefficient (Wildman–Crippen LogP) is 6.22. The number of hydrogen-bond acceptors (Lipinski definition) is 5. The van der Waals surface area contributed by atoms with Gasteiger partial charge < -0.3 is 24.8 Å². The number of carbonyl (C=O) groups excluding carboxylic acids is 1. The van der Waals surface area contributed by atoms with Crippen LogP contribution in [-0.4, -0.2) is 100 Å². The molecule has 2 fully saturated rings. The summed E-state index contributed by atoms with van der Waals surface area (Å²) in [5.41, 5.74) is 3.00. The molecule has 2 aromatic carbocycles. The Bertz CT molecular complexity index is 1810. The summed E-state index contributed by atoms with van der Waals surface area (Å²) in [5.74, 6) is -1.73. The minimum absolute atomic E-state index is 0.0540. The number of allylic oxidation sites excluding steroid dienone is 5. The lowest BCUT2D eigenvalue weighted by Gasteiger charge is -2.40. The molecule has 0 aromatic heterocycles. The van der Waals surface area contributed by atoms with Crippen LogP contribution in [0, 0.1) is 5.82 Å². The molecular formula is C39H47ClF2N3O5Si+. The molecule has 1 amide bonds. The molecule has 0 radical (unpaired) electrons. The second-order valence-corrected chi connectivity index (χ2v) is 18.7. The number of benzene rings is 2. The second kappa shape index (κ2) is 16.4. The third-order valence-corrected chi connectivity index (χ3v) is 14.1. The highest BCUT2D eigenvalue weighted by Gasteiger charge is 2.44. The molecular weight excluding hydrogens is 692 g/mol. The Kier molecular flexibility index (Phi) is 11.9. The summed E-state index contributed by atoms with van der Waals surface area (Å²) in [6.07, 6.45) is 9.57. The van der Waals surface area contributed by atoms with Gasteiger partial charge in [0, 0.05) is 43.8 Å². The molecule has 2 saturated heterocycles. The molecule has 0 unspecified atom stereocenters. The van der Waals surface area contributed by atoms with Crippen molar-refractivity contribution < 1.29 is 37.5 Å². The molecule has 2 N–H and O–H groups in total. The van der Waals surface area contributed by atoms with Gasteiger partial charge in [-0.1, -0.05) is 25.9 Å². The van der Waals surface area contributed by atoms with Crippen molar-refractivity contribution in [2.24, 2.45) is 0 Å². The van der Waals surface area contributed by atoms with E-state index in [-0.39, 0.29) is 29.8 Å². The van der Waals surface area contributed by atoms with Crippen molar-refractivity contribution in [2.45, 2.75) is 51.6 Å². The topological polar surface area (TPSA) is 91.1 Å². The highest BCUT2D eigenvalue weighted by molar-refractivity contribution is 6.98. The monoisotopic (exact) mass is 738 g/mol. The van der Waals surface area contributed by atoms with Gasteiger partial charge in [-0.15, -0.1) is 11.6 Å². The van der Waals surface area contributed by atoms with Gasteiger partial charge in [-0.25, -0.2) is 13.8 Å². The number of anilines is 1. The zero-order valence-corrected chi connectivity index (χ0v) is 31.2. The highest BCUT2D eigenvalue weighted by atomic mass is 35.5. The molecule has 0 bridgehead atoms. The molecule has 3 heterocycles. The fourth-order valence-electron chi connectivity index (χ4n) is 7.14. The lowest BCUT2D eigenvalue weighted by atomic mass is 9.86. The van der Waals surface area contributed by atoms with Gasteiger partial charge in [-0.2, -0.15) is 4.39 Å². The first-order chi connectivity index (χ1) is 24.6. The zero-order chi connectivity index (χ0) is 36.1. The van der Waals surface area contributed by atoms with Gasteiger partial charge in [0.2, 0.25) is 5.71 Å². The normalized spacial score (nSPS) is 17.6.